The first kappa shape index (κ1) is 13.5. The lowest BCUT2D eigenvalue weighted by molar-refractivity contribution is -0.158. The molecule has 94 valence electrons. The van der Waals surface area contributed by atoms with Crippen LogP contribution in [0.1, 0.15) is 33.1 Å². The zero-order chi connectivity index (χ0) is 13.0. The summed E-state index contributed by atoms with van der Waals surface area (Å²) in [5.74, 6) is -4.26. The van der Waals surface area contributed by atoms with E-state index in [4.69, 9.17) is 4.74 Å². The first-order chi connectivity index (χ1) is 8.02. The van der Waals surface area contributed by atoms with Crippen LogP contribution < -0.4 is 0 Å². The molecule has 17 heavy (non-hydrogen) atoms. The lowest BCUT2D eigenvalue weighted by atomic mass is 9.77. The fraction of sp³-hybridized carbons (Fsp3) is 0.667. The zero-order valence-electron chi connectivity index (χ0n) is 10.0. The van der Waals surface area contributed by atoms with Gasteiger partial charge in [-0.2, -0.15) is 0 Å². The number of Topliss-reactive ketones (excluding diaryl/α,β-unsaturated/α-hetero) is 3. The molecule has 0 aromatic heterocycles. The molecule has 1 rings (SSSR count). The summed E-state index contributed by atoms with van der Waals surface area (Å²) in [6, 6.07) is 0. The maximum atomic E-state index is 11.7. The molecule has 0 radical (unpaired) electrons. The number of ether oxygens (including phenoxy) is 1. The van der Waals surface area contributed by atoms with Gasteiger partial charge in [-0.1, -0.05) is 6.92 Å². The Bertz CT molecular complexity index is 358. The molecule has 1 fully saturated rings. The van der Waals surface area contributed by atoms with Gasteiger partial charge in [-0.3, -0.25) is 19.2 Å². The molecule has 0 saturated heterocycles. The molecule has 5 nitrogen and oxygen atoms in total. The molecule has 2 unspecified atom stereocenters. The van der Waals surface area contributed by atoms with Gasteiger partial charge < -0.3 is 4.74 Å². The van der Waals surface area contributed by atoms with E-state index in [2.05, 4.69) is 0 Å². The predicted molar refractivity (Wildman–Crippen MR) is 58.2 cm³/mol. The van der Waals surface area contributed by atoms with Crippen LogP contribution in [-0.2, 0) is 23.9 Å². The van der Waals surface area contributed by atoms with Crippen LogP contribution in [0, 0.1) is 11.8 Å². The van der Waals surface area contributed by atoms with E-state index in [0.29, 0.717) is 0 Å². The van der Waals surface area contributed by atoms with Gasteiger partial charge in [-0.25, -0.2) is 0 Å². The fourth-order valence-electron chi connectivity index (χ4n) is 1.96. The highest BCUT2D eigenvalue weighted by Crippen LogP contribution is 2.25. The average molecular weight is 240 g/mol. The topological polar surface area (TPSA) is 77.5 Å². The summed E-state index contributed by atoms with van der Waals surface area (Å²) in [6.45, 7) is 3.46. The average Bonchev–Trinajstić information content (AvgIpc) is 2.31. The second-order valence-corrected chi connectivity index (χ2v) is 3.98. The first-order valence-electron chi connectivity index (χ1n) is 5.80. The number of ketones is 3. The Hall–Kier alpha value is -1.52. The van der Waals surface area contributed by atoms with Gasteiger partial charge in [0.05, 0.1) is 12.5 Å². The van der Waals surface area contributed by atoms with Crippen LogP contribution in [-0.4, -0.2) is 29.9 Å². The van der Waals surface area contributed by atoms with Gasteiger partial charge >= 0.3 is 5.97 Å². The molecule has 0 aromatic carbocycles. The maximum Gasteiger partial charge on any atom is 0.316 e. The predicted octanol–water partition coefficient (Wildman–Crippen LogP) is 0.693. The molecule has 2 atom stereocenters. The van der Waals surface area contributed by atoms with Crippen molar-refractivity contribution in [2.75, 3.05) is 6.61 Å². The molecule has 0 N–H and O–H groups in total. The van der Waals surface area contributed by atoms with Crippen molar-refractivity contribution in [3.8, 4) is 0 Å². The highest BCUT2D eigenvalue weighted by Gasteiger charge is 2.43. The van der Waals surface area contributed by atoms with Crippen LogP contribution in [0.15, 0.2) is 0 Å². The third-order valence-electron chi connectivity index (χ3n) is 2.93. The maximum absolute atomic E-state index is 11.7. The molecule has 0 aliphatic heterocycles. The number of hydrogen-bond donors (Lipinski definition) is 0. The molecule has 1 saturated carbocycles. The second-order valence-electron chi connectivity index (χ2n) is 3.98. The standard InChI is InChI=1S/C12H16O5/c1-3-9(13)7-5-6-8(11(15)10(7)14)12(16)17-4-2/h7-8H,3-6H2,1-2H3. The summed E-state index contributed by atoms with van der Waals surface area (Å²) in [7, 11) is 0. The summed E-state index contributed by atoms with van der Waals surface area (Å²) < 4.78 is 4.73. The highest BCUT2D eigenvalue weighted by atomic mass is 16.5. The monoisotopic (exact) mass is 240 g/mol. The van der Waals surface area contributed by atoms with E-state index < -0.39 is 29.4 Å². The van der Waals surface area contributed by atoms with Gasteiger partial charge in [-0.05, 0) is 19.8 Å². The molecular formula is C12H16O5. The van der Waals surface area contributed by atoms with E-state index in [1.807, 2.05) is 0 Å². The van der Waals surface area contributed by atoms with Gasteiger partial charge in [0.25, 0.3) is 0 Å². The highest BCUT2D eigenvalue weighted by molar-refractivity contribution is 6.45. The minimum atomic E-state index is -1.01. The van der Waals surface area contributed by atoms with Crippen molar-refractivity contribution in [3.05, 3.63) is 0 Å². The Balaban J connectivity index is 2.75. The lowest BCUT2D eigenvalue weighted by Gasteiger charge is -2.23. The third kappa shape index (κ3) is 2.78. The van der Waals surface area contributed by atoms with Gasteiger partial charge in [0, 0.05) is 6.42 Å². The molecule has 0 aromatic rings. The van der Waals surface area contributed by atoms with Crippen molar-refractivity contribution in [2.45, 2.75) is 33.1 Å². The number of carbonyl (C=O) groups is 4. The van der Waals surface area contributed by atoms with E-state index in [1.165, 1.54) is 0 Å². The van der Waals surface area contributed by atoms with Crippen LogP contribution in [0.3, 0.4) is 0 Å². The van der Waals surface area contributed by atoms with E-state index in [0.717, 1.165) is 0 Å². The number of carbonyl (C=O) groups excluding carboxylic acids is 4. The van der Waals surface area contributed by atoms with Crippen molar-refractivity contribution in [2.24, 2.45) is 11.8 Å². The normalized spacial score (nSPS) is 24.6. The van der Waals surface area contributed by atoms with Gasteiger partial charge in [0.15, 0.2) is 0 Å². The molecular weight excluding hydrogens is 224 g/mol. The Morgan fingerprint density at radius 2 is 1.65 bits per heavy atom. The molecule has 1 aliphatic carbocycles. The molecule has 0 amide bonds. The molecule has 0 heterocycles. The molecule has 5 heteroatoms. The zero-order valence-corrected chi connectivity index (χ0v) is 10.0. The largest absolute Gasteiger partial charge is 0.465 e. The summed E-state index contributed by atoms with van der Waals surface area (Å²) >= 11 is 0. The van der Waals surface area contributed by atoms with Crippen molar-refractivity contribution >= 4 is 23.3 Å². The quantitative estimate of drug-likeness (QED) is 0.410. The molecule has 0 spiro atoms. The molecule has 0 bridgehead atoms. The smallest absolute Gasteiger partial charge is 0.316 e. The van der Waals surface area contributed by atoms with E-state index in [9.17, 15) is 19.2 Å². The Morgan fingerprint density at radius 3 is 2.18 bits per heavy atom. The Morgan fingerprint density at radius 1 is 1.12 bits per heavy atom. The van der Waals surface area contributed by atoms with Gasteiger partial charge in [0.1, 0.15) is 11.7 Å². The first-order valence-corrected chi connectivity index (χ1v) is 5.80. The lowest BCUT2D eigenvalue weighted by Crippen LogP contribution is -2.42. The van der Waals surface area contributed by atoms with Crippen molar-refractivity contribution in [1.82, 2.24) is 0 Å². The summed E-state index contributed by atoms with van der Waals surface area (Å²) in [6.07, 6.45) is 0.717. The SMILES string of the molecule is CCOC(=O)C1CCC(C(=O)CC)C(=O)C1=O. The third-order valence-corrected chi connectivity index (χ3v) is 2.93. The number of esters is 1. The second kappa shape index (κ2) is 5.70. The fourth-order valence-corrected chi connectivity index (χ4v) is 1.96. The Labute approximate surface area is 99.5 Å². The van der Waals surface area contributed by atoms with Crippen LogP contribution in [0.25, 0.3) is 0 Å². The number of hydrogen-bond acceptors (Lipinski definition) is 5. The van der Waals surface area contributed by atoms with E-state index in [1.54, 1.807) is 13.8 Å². The summed E-state index contributed by atoms with van der Waals surface area (Å²) in [5.41, 5.74) is 0. The van der Waals surface area contributed by atoms with Crippen LogP contribution in [0.4, 0.5) is 0 Å². The van der Waals surface area contributed by atoms with Crippen molar-refractivity contribution < 1.29 is 23.9 Å². The van der Waals surface area contributed by atoms with E-state index in [-0.39, 0.29) is 31.7 Å². The van der Waals surface area contributed by atoms with Crippen LogP contribution >= 0.6 is 0 Å². The van der Waals surface area contributed by atoms with Gasteiger partial charge in [0.2, 0.25) is 11.6 Å². The number of rotatable bonds is 4. The molecule has 1 aliphatic rings. The minimum Gasteiger partial charge on any atom is -0.465 e. The van der Waals surface area contributed by atoms with Gasteiger partial charge in [-0.15, -0.1) is 0 Å². The van der Waals surface area contributed by atoms with Crippen LogP contribution in [0.5, 0.6) is 0 Å². The van der Waals surface area contributed by atoms with Crippen LogP contribution in [0.2, 0.25) is 0 Å². The van der Waals surface area contributed by atoms with E-state index >= 15 is 0 Å². The van der Waals surface area contributed by atoms with Crippen molar-refractivity contribution in [1.29, 1.82) is 0 Å². The Kier molecular flexibility index (Phi) is 4.54. The minimum absolute atomic E-state index is 0.175. The summed E-state index contributed by atoms with van der Waals surface area (Å²) in [4.78, 5) is 46.2. The van der Waals surface area contributed by atoms with Crippen molar-refractivity contribution in [3.63, 3.8) is 0 Å². The summed E-state index contributed by atoms with van der Waals surface area (Å²) in [5, 5.41) is 0.